The van der Waals surface area contributed by atoms with Crippen molar-refractivity contribution in [2.24, 2.45) is 5.92 Å². The quantitative estimate of drug-likeness (QED) is 0.490. The molecule has 0 spiro atoms. The Morgan fingerprint density at radius 3 is 2.50 bits per heavy atom. The van der Waals surface area contributed by atoms with Gasteiger partial charge in [0.05, 0.1) is 7.11 Å². The molecular weight excluding hydrogens is 160 g/mol. The fourth-order valence-corrected chi connectivity index (χ4v) is 0.892. The van der Waals surface area contributed by atoms with E-state index < -0.39 is 6.29 Å². The number of aliphatic hydroxyl groups excluding tert-OH is 1. The topological polar surface area (TPSA) is 55.8 Å². The van der Waals surface area contributed by atoms with Crippen molar-refractivity contribution >= 4 is 5.97 Å². The van der Waals surface area contributed by atoms with Crippen LogP contribution in [0.3, 0.4) is 0 Å². The fourth-order valence-electron chi connectivity index (χ4n) is 0.892. The van der Waals surface area contributed by atoms with Crippen LogP contribution in [0.5, 0.6) is 0 Å². The number of methoxy groups -OCH3 is 2. The average Bonchev–Trinajstić information content (AvgIpc) is 2.03. The molecule has 0 saturated heterocycles. The molecule has 0 aliphatic carbocycles. The molecule has 0 unspecified atom stereocenters. The highest BCUT2D eigenvalue weighted by Crippen LogP contribution is 2.11. The number of esters is 1. The van der Waals surface area contributed by atoms with Crippen LogP contribution in [0.15, 0.2) is 0 Å². The molecule has 0 saturated carbocycles. The van der Waals surface area contributed by atoms with Crippen LogP contribution < -0.4 is 0 Å². The lowest BCUT2D eigenvalue weighted by Gasteiger charge is -2.13. The first-order valence-electron chi connectivity index (χ1n) is 3.87. The zero-order chi connectivity index (χ0) is 9.56. The van der Waals surface area contributed by atoms with E-state index in [0.29, 0.717) is 12.8 Å². The molecule has 0 aromatic rings. The minimum absolute atomic E-state index is 0.0763. The number of carbonyl (C=O) groups excluding carboxylic acids is 1. The van der Waals surface area contributed by atoms with Gasteiger partial charge in [-0.05, 0) is 5.92 Å². The standard InChI is InChI=1S/C8H16O4/c1-6(4-7(9)11-2)5-8(10)12-3/h6-7,9H,4-5H2,1-3H3/t6-,7-/m1/s1. The number of carbonyl (C=O) groups is 1. The van der Waals surface area contributed by atoms with Crippen molar-refractivity contribution in [1.29, 1.82) is 0 Å². The molecule has 2 atom stereocenters. The summed E-state index contributed by atoms with van der Waals surface area (Å²) < 4.78 is 9.11. The van der Waals surface area contributed by atoms with Crippen LogP contribution in [0.2, 0.25) is 0 Å². The number of hydrogen-bond acceptors (Lipinski definition) is 4. The van der Waals surface area contributed by atoms with Crippen molar-refractivity contribution in [2.75, 3.05) is 14.2 Å². The molecule has 0 heterocycles. The highest BCUT2D eigenvalue weighted by atomic mass is 16.6. The van der Waals surface area contributed by atoms with Gasteiger partial charge in [0.2, 0.25) is 0 Å². The smallest absolute Gasteiger partial charge is 0.305 e. The predicted octanol–water partition coefficient (Wildman–Crippen LogP) is 0.540. The van der Waals surface area contributed by atoms with Gasteiger partial charge in [0.1, 0.15) is 0 Å². The molecule has 0 aromatic heterocycles. The maximum absolute atomic E-state index is 10.7. The third-order valence-electron chi connectivity index (χ3n) is 1.62. The molecular formula is C8H16O4. The summed E-state index contributed by atoms with van der Waals surface area (Å²) in [6, 6.07) is 0. The van der Waals surface area contributed by atoms with Crippen molar-refractivity contribution in [1.82, 2.24) is 0 Å². The van der Waals surface area contributed by atoms with Crippen molar-refractivity contribution in [2.45, 2.75) is 26.1 Å². The predicted molar refractivity (Wildman–Crippen MR) is 43.4 cm³/mol. The van der Waals surface area contributed by atoms with Gasteiger partial charge in [-0.2, -0.15) is 0 Å². The van der Waals surface area contributed by atoms with Crippen LogP contribution in [0.25, 0.3) is 0 Å². The van der Waals surface area contributed by atoms with Gasteiger partial charge in [0, 0.05) is 20.0 Å². The molecule has 1 N–H and O–H groups in total. The first-order valence-corrected chi connectivity index (χ1v) is 3.87. The lowest BCUT2D eigenvalue weighted by atomic mass is 10.0. The molecule has 72 valence electrons. The lowest BCUT2D eigenvalue weighted by molar-refractivity contribution is -0.142. The van der Waals surface area contributed by atoms with Gasteiger partial charge in [-0.15, -0.1) is 0 Å². The summed E-state index contributed by atoms with van der Waals surface area (Å²) in [6.07, 6.45) is -0.0210. The van der Waals surface area contributed by atoms with Gasteiger partial charge in [0.25, 0.3) is 0 Å². The van der Waals surface area contributed by atoms with E-state index in [1.165, 1.54) is 14.2 Å². The normalized spacial score (nSPS) is 15.3. The largest absolute Gasteiger partial charge is 0.469 e. The third-order valence-corrected chi connectivity index (χ3v) is 1.62. The molecule has 0 fully saturated rings. The Morgan fingerprint density at radius 1 is 1.50 bits per heavy atom. The highest BCUT2D eigenvalue weighted by molar-refractivity contribution is 5.69. The van der Waals surface area contributed by atoms with Crippen LogP contribution in [0.4, 0.5) is 0 Å². The van der Waals surface area contributed by atoms with E-state index >= 15 is 0 Å². The summed E-state index contributed by atoms with van der Waals surface area (Å²) in [5.41, 5.74) is 0. The second-order valence-corrected chi connectivity index (χ2v) is 2.81. The van der Waals surface area contributed by atoms with E-state index in [1.54, 1.807) is 0 Å². The Morgan fingerprint density at radius 2 is 2.08 bits per heavy atom. The van der Waals surface area contributed by atoms with E-state index in [2.05, 4.69) is 9.47 Å². The average molecular weight is 176 g/mol. The van der Waals surface area contributed by atoms with Crippen LogP contribution in [-0.4, -0.2) is 31.6 Å². The van der Waals surface area contributed by atoms with Crippen molar-refractivity contribution in [3.63, 3.8) is 0 Å². The van der Waals surface area contributed by atoms with Gasteiger partial charge in [0.15, 0.2) is 6.29 Å². The van der Waals surface area contributed by atoms with Gasteiger partial charge >= 0.3 is 5.97 Å². The van der Waals surface area contributed by atoms with Crippen molar-refractivity contribution in [3.05, 3.63) is 0 Å². The van der Waals surface area contributed by atoms with E-state index in [1.807, 2.05) is 6.92 Å². The Labute approximate surface area is 72.5 Å². The molecule has 0 aliphatic rings. The van der Waals surface area contributed by atoms with Gasteiger partial charge in [-0.3, -0.25) is 4.79 Å². The van der Waals surface area contributed by atoms with Crippen molar-refractivity contribution in [3.8, 4) is 0 Å². The van der Waals surface area contributed by atoms with Crippen LogP contribution in [0, 0.1) is 5.92 Å². The molecule has 12 heavy (non-hydrogen) atoms. The number of rotatable bonds is 5. The fraction of sp³-hybridized carbons (Fsp3) is 0.875. The first-order chi connectivity index (χ1) is 5.60. The summed E-state index contributed by atoms with van der Waals surface area (Å²) in [6.45, 7) is 1.86. The van der Waals surface area contributed by atoms with Gasteiger partial charge in [-0.25, -0.2) is 0 Å². The van der Waals surface area contributed by atoms with Crippen LogP contribution in [-0.2, 0) is 14.3 Å². The summed E-state index contributed by atoms with van der Waals surface area (Å²) in [5, 5.41) is 9.04. The Kier molecular flexibility index (Phi) is 5.66. The van der Waals surface area contributed by atoms with Gasteiger partial charge in [-0.1, -0.05) is 6.92 Å². The highest BCUT2D eigenvalue weighted by Gasteiger charge is 2.13. The minimum atomic E-state index is -0.787. The third kappa shape index (κ3) is 5.09. The van der Waals surface area contributed by atoms with Crippen molar-refractivity contribution < 1.29 is 19.4 Å². The Hall–Kier alpha value is -0.610. The Bertz CT molecular complexity index is 135. The summed E-state index contributed by atoms with van der Waals surface area (Å²) in [4.78, 5) is 10.7. The maximum Gasteiger partial charge on any atom is 0.305 e. The molecule has 4 heteroatoms. The molecule has 0 amide bonds. The van der Waals surface area contributed by atoms with E-state index in [0.717, 1.165) is 0 Å². The minimum Gasteiger partial charge on any atom is -0.469 e. The molecule has 0 aromatic carbocycles. The molecule has 4 nitrogen and oxygen atoms in total. The lowest BCUT2D eigenvalue weighted by Crippen LogP contribution is -2.16. The molecule has 0 bridgehead atoms. The SMILES string of the molecule is COC(=O)C[C@H](C)C[C@H](O)OC. The van der Waals surface area contributed by atoms with Crippen LogP contribution in [0.1, 0.15) is 19.8 Å². The number of ether oxygens (including phenoxy) is 2. The maximum atomic E-state index is 10.7. The summed E-state index contributed by atoms with van der Waals surface area (Å²) in [5.74, 6) is -0.182. The molecule has 0 radical (unpaired) electrons. The Balaban J connectivity index is 3.58. The first kappa shape index (κ1) is 11.4. The summed E-state index contributed by atoms with van der Waals surface area (Å²) >= 11 is 0. The van der Waals surface area contributed by atoms with E-state index in [4.69, 9.17) is 5.11 Å². The van der Waals surface area contributed by atoms with Gasteiger partial charge < -0.3 is 14.6 Å². The van der Waals surface area contributed by atoms with E-state index in [9.17, 15) is 4.79 Å². The summed E-state index contributed by atoms with van der Waals surface area (Å²) in [7, 11) is 2.78. The zero-order valence-corrected chi connectivity index (χ0v) is 7.74. The monoisotopic (exact) mass is 176 g/mol. The molecule has 0 aliphatic heterocycles. The second kappa shape index (κ2) is 5.97. The van der Waals surface area contributed by atoms with E-state index in [-0.39, 0.29) is 11.9 Å². The zero-order valence-electron chi connectivity index (χ0n) is 7.74. The number of aliphatic hydroxyl groups is 1. The van der Waals surface area contributed by atoms with Crippen LogP contribution >= 0.6 is 0 Å². The second-order valence-electron chi connectivity index (χ2n) is 2.81. The molecule has 0 rings (SSSR count). The number of hydrogen-bond donors (Lipinski definition) is 1.